The molecule has 1 saturated carbocycles. The highest BCUT2D eigenvalue weighted by atomic mass is 16.7. The molecule has 0 spiro atoms. The second-order valence-electron chi connectivity index (χ2n) is 8.18. The largest absolute Gasteiger partial charge is 0.484 e. The molecular formula is C26H26N2O5. The summed E-state index contributed by atoms with van der Waals surface area (Å²) in [5, 5.41) is 0. The van der Waals surface area contributed by atoms with E-state index in [4.69, 9.17) is 18.9 Å². The Hall–Kier alpha value is -3.74. The summed E-state index contributed by atoms with van der Waals surface area (Å²) < 4.78 is 22.4. The normalized spacial score (nSPS) is 14.8. The fraction of sp³-hybridized carbons (Fsp3) is 0.308. The number of rotatable bonds is 8. The van der Waals surface area contributed by atoms with Crippen molar-refractivity contribution in [1.29, 1.82) is 0 Å². The Labute approximate surface area is 192 Å². The van der Waals surface area contributed by atoms with Gasteiger partial charge in [0.2, 0.25) is 12.7 Å². The number of hydrogen-bond acceptors (Lipinski definition) is 6. The molecule has 3 aromatic rings. The lowest BCUT2D eigenvalue weighted by Crippen LogP contribution is -2.41. The van der Waals surface area contributed by atoms with Gasteiger partial charge < -0.3 is 23.8 Å². The van der Waals surface area contributed by atoms with Crippen molar-refractivity contribution >= 4 is 5.91 Å². The molecule has 2 aliphatic rings. The summed E-state index contributed by atoms with van der Waals surface area (Å²) >= 11 is 0. The maximum absolute atomic E-state index is 13.2. The quantitative estimate of drug-likeness (QED) is 0.488. The van der Waals surface area contributed by atoms with Crippen molar-refractivity contribution in [2.24, 2.45) is 0 Å². The zero-order valence-corrected chi connectivity index (χ0v) is 18.3. The van der Waals surface area contributed by atoms with E-state index >= 15 is 0 Å². The zero-order chi connectivity index (χ0) is 22.5. The lowest BCUT2D eigenvalue weighted by Gasteiger charge is -2.29. The summed E-state index contributed by atoms with van der Waals surface area (Å²) in [5.74, 6) is 3.26. The zero-order valence-electron chi connectivity index (χ0n) is 18.3. The monoisotopic (exact) mass is 446 g/mol. The van der Waals surface area contributed by atoms with E-state index in [9.17, 15) is 4.79 Å². The van der Waals surface area contributed by atoms with Crippen LogP contribution < -0.4 is 18.9 Å². The number of pyridine rings is 1. The lowest BCUT2D eigenvalue weighted by atomic mass is 10.1. The van der Waals surface area contributed by atoms with Crippen LogP contribution in [0.25, 0.3) is 0 Å². The van der Waals surface area contributed by atoms with Gasteiger partial charge in [0.25, 0.3) is 5.91 Å². The van der Waals surface area contributed by atoms with E-state index in [-0.39, 0.29) is 25.3 Å². The number of ether oxygens (including phenoxy) is 4. The third-order valence-electron chi connectivity index (χ3n) is 5.92. The minimum absolute atomic E-state index is 0.0124. The average Bonchev–Trinajstić information content (AvgIpc) is 3.54. The summed E-state index contributed by atoms with van der Waals surface area (Å²) in [7, 11) is 0. The van der Waals surface area contributed by atoms with Crippen LogP contribution >= 0.6 is 0 Å². The summed E-state index contributed by atoms with van der Waals surface area (Å²) in [6, 6.07) is 18.8. The van der Waals surface area contributed by atoms with Gasteiger partial charge >= 0.3 is 0 Å². The molecule has 0 saturated heterocycles. The molecule has 1 amide bonds. The van der Waals surface area contributed by atoms with Crippen LogP contribution in [0.1, 0.15) is 31.2 Å². The molecule has 1 aliphatic heterocycles. The van der Waals surface area contributed by atoms with Gasteiger partial charge in [-0.25, -0.2) is 4.98 Å². The molecule has 7 nitrogen and oxygen atoms in total. The Morgan fingerprint density at radius 2 is 1.76 bits per heavy atom. The minimum atomic E-state index is -0.0200. The number of carbonyl (C=O) groups excluding carboxylic acids is 1. The van der Waals surface area contributed by atoms with Crippen molar-refractivity contribution in [1.82, 2.24) is 9.88 Å². The van der Waals surface area contributed by atoms with Crippen molar-refractivity contribution in [3.63, 3.8) is 0 Å². The molecular weight excluding hydrogens is 420 g/mol. The Morgan fingerprint density at radius 3 is 2.55 bits per heavy atom. The summed E-state index contributed by atoms with van der Waals surface area (Å²) in [4.78, 5) is 19.3. The Kier molecular flexibility index (Phi) is 6.28. The van der Waals surface area contributed by atoms with Crippen molar-refractivity contribution in [3.05, 3.63) is 72.4 Å². The number of amides is 1. The second-order valence-corrected chi connectivity index (χ2v) is 8.18. The van der Waals surface area contributed by atoms with Crippen molar-refractivity contribution < 1.29 is 23.7 Å². The first-order chi connectivity index (χ1) is 16.2. The Balaban J connectivity index is 1.21. The molecule has 5 rings (SSSR count). The smallest absolute Gasteiger partial charge is 0.261 e. The van der Waals surface area contributed by atoms with Crippen molar-refractivity contribution in [2.75, 3.05) is 13.4 Å². The fourth-order valence-corrected chi connectivity index (χ4v) is 4.23. The Bertz CT molecular complexity index is 1080. The molecule has 1 aliphatic carbocycles. The van der Waals surface area contributed by atoms with Gasteiger partial charge in [-0.15, -0.1) is 0 Å². The van der Waals surface area contributed by atoms with Crippen LogP contribution in [0.2, 0.25) is 0 Å². The van der Waals surface area contributed by atoms with Crippen LogP contribution in [0.4, 0.5) is 0 Å². The molecule has 1 fully saturated rings. The SMILES string of the molecule is O=C(COc1ccc(Oc2ccccn2)cc1)N(Cc1ccc2c(c1)OCO2)C1CCCC1. The molecule has 0 N–H and O–H groups in total. The molecule has 2 heterocycles. The topological polar surface area (TPSA) is 70.1 Å². The van der Waals surface area contributed by atoms with E-state index in [0.29, 0.717) is 23.9 Å². The lowest BCUT2D eigenvalue weighted by molar-refractivity contribution is -0.136. The van der Waals surface area contributed by atoms with E-state index in [1.807, 2.05) is 35.2 Å². The van der Waals surface area contributed by atoms with Gasteiger partial charge in [-0.05, 0) is 60.9 Å². The van der Waals surface area contributed by atoms with Gasteiger partial charge in [0, 0.05) is 24.8 Å². The van der Waals surface area contributed by atoms with Crippen LogP contribution in [0.15, 0.2) is 66.9 Å². The molecule has 0 unspecified atom stereocenters. The standard InChI is InChI=1S/C26H26N2O5/c29-26(17-30-21-9-11-22(12-10-21)33-25-7-3-4-14-27-25)28(20-5-1-2-6-20)16-19-8-13-23-24(15-19)32-18-31-23/h3-4,7-15,20H,1-2,5-6,16-18H2. The number of benzene rings is 2. The third-order valence-corrected chi connectivity index (χ3v) is 5.92. The number of nitrogens with zero attached hydrogens (tertiary/aromatic N) is 2. The molecule has 0 bridgehead atoms. The first-order valence-corrected chi connectivity index (χ1v) is 11.2. The predicted octanol–water partition coefficient (Wildman–Crippen LogP) is 4.95. The van der Waals surface area contributed by atoms with E-state index < -0.39 is 0 Å². The number of aromatic nitrogens is 1. The molecule has 33 heavy (non-hydrogen) atoms. The second kappa shape index (κ2) is 9.81. The van der Waals surface area contributed by atoms with Crippen LogP contribution in [-0.2, 0) is 11.3 Å². The van der Waals surface area contributed by atoms with Gasteiger partial charge in [-0.1, -0.05) is 25.0 Å². The molecule has 1 aromatic heterocycles. The van der Waals surface area contributed by atoms with E-state index in [1.54, 1.807) is 36.5 Å². The van der Waals surface area contributed by atoms with Gasteiger partial charge in [0.05, 0.1) is 0 Å². The maximum Gasteiger partial charge on any atom is 0.261 e. The van der Waals surface area contributed by atoms with Gasteiger partial charge in [0.15, 0.2) is 18.1 Å². The highest BCUT2D eigenvalue weighted by Crippen LogP contribution is 2.34. The highest BCUT2D eigenvalue weighted by Gasteiger charge is 2.27. The number of fused-ring (bicyclic) bond motifs is 1. The highest BCUT2D eigenvalue weighted by molar-refractivity contribution is 5.78. The molecule has 0 atom stereocenters. The minimum Gasteiger partial charge on any atom is -0.484 e. The first-order valence-electron chi connectivity index (χ1n) is 11.2. The van der Waals surface area contributed by atoms with E-state index in [1.165, 1.54) is 0 Å². The maximum atomic E-state index is 13.2. The average molecular weight is 447 g/mol. The Morgan fingerprint density at radius 1 is 0.970 bits per heavy atom. The van der Waals surface area contributed by atoms with Gasteiger partial charge in [-0.3, -0.25) is 4.79 Å². The predicted molar refractivity (Wildman–Crippen MR) is 122 cm³/mol. The molecule has 7 heteroatoms. The summed E-state index contributed by atoms with van der Waals surface area (Å²) in [5.41, 5.74) is 1.02. The van der Waals surface area contributed by atoms with Crippen LogP contribution in [0.5, 0.6) is 28.9 Å². The van der Waals surface area contributed by atoms with Crippen LogP contribution in [0.3, 0.4) is 0 Å². The summed E-state index contributed by atoms with van der Waals surface area (Å²) in [6.45, 7) is 0.755. The molecule has 0 radical (unpaired) electrons. The first kappa shape index (κ1) is 21.1. The third kappa shape index (κ3) is 5.19. The van der Waals surface area contributed by atoms with Gasteiger partial charge in [0.1, 0.15) is 11.5 Å². The fourth-order valence-electron chi connectivity index (χ4n) is 4.23. The van der Waals surface area contributed by atoms with Crippen LogP contribution in [0, 0.1) is 0 Å². The van der Waals surface area contributed by atoms with Crippen molar-refractivity contribution in [2.45, 2.75) is 38.3 Å². The van der Waals surface area contributed by atoms with Crippen molar-refractivity contribution in [3.8, 4) is 28.9 Å². The number of hydrogen-bond donors (Lipinski definition) is 0. The molecule has 170 valence electrons. The molecule has 2 aromatic carbocycles. The van der Waals surface area contributed by atoms with Gasteiger partial charge in [-0.2, -0.15) is 0 Å². The van der Waals surface area contributed by atoms with E-state index in [0.717, 1.165) is 42.7 Å². The number of carbonyl (C=O) groups is 1. The van der Waals surface area contributed by atoms with E-state index in [2.05, 4.69) is 4.98 Å². The summed E-state index contributed by atoms with van der Waals surface area (Å²) in [6.07, 6.45) is 6.02. The van der Waals surface area contributed by atoms with Crippen LogP contribution in [-0.4, -0.2) is 35.2 Å².